The van der Waals surface area contributed by atoms with Gasteiger partial charge < -0.3 is 24.8 Å². The van der Waals surface area contributed by atoms with Crippen LogP contribution >= 0.6 is 0 Å². The molecule has 2 aliphatic rings. The molecule has 174 valence electrons. The van der Waals surface area contributed by atoms with Crippen LogP contribution in [-0.4, -0.2) is 56.1 Å². The molecule has 2 N–H and O–H groups in total. The molecule has 0 radical (unpaired) electrons. The Labute approximate surface area is 186 Å². The van der Waals surface area contributed by atoms with Crippen molar-refractivity contribution in [2.45, 2.75) is 58.1 Å². The van der Waals surface area contributed by atoms with E-state index in [1.165, 1.54) is 11.0 Å². The fourth-order valence-electron chi connectivity index (χ4n) is 3.83. The van der Waals surface area contributed by atoms with Crippen LogP contribution in [0.15, 0.2) is 18.2 Å². The third-order valence-electron chi connectivity index (χ3n) is 5.53. The monoisotopic (exact) mass is 451 g/mol. The maximum absolute atomic E-state index is 14.0. The van der Waals surface area contributed by atoms with Gasteiger partial charge >= 0.3 is 13.1 Å². The molecule has 3 atom stereocenters. The van der Waals surface area contributed by atoms with Gasteiger partial charge in [-0.15, -0.1) is 0 Å². The summed E-state index contributed by atoms with van der Waals surface area (Å²) < 4.78 is 38.0. The SMILES string of the molecule is CCC1OB(C(CC(C)C)NC(=O)CNC(=O)C2CCN2c2ccc(F)cc2F)OC1=O. The number of amides is 2. The number of nitrogens with one attached hydrogen (secondary N) is 2. The van der Waals surface area contributed by atoms with Crippen LogP contribution in [0, 0.1) is 17.6 Å². The first kappa shape index (κ1) is 24.0. The second-order valence-corrected chi connectivity index (χ2v) is 8.45. The van der Waals surface area contributed by atoms with Crippen LogP contribution < -0.4 is 15.5 Å². The Morgan fingerprint density at radius 3 is 2.62 bits per heavy atom. The fraction of sp³-hybridized carbons (Fsp3) is 0.571. The number of nitrogens with zero attached hydrogens (tertiary/aromatic N) is 1. The van der Waals surface area contributed by atoms with Crippen molar-refractivity contribution < 1.29 is 32.5 Å². The first-order chi connectivity index (χ1) is 15.2. The van der Waals surface area contributed by atoms with E-state index < -0.39 is 54.6 Å². The second-order valence-electron chi connectivity index (χ2n) is 8.45. The average molecular weight is 451 g/mol. The van der Waals surface area contributed by atoms with Crippen LogP contribution in [0.3, 0.4) is 0 Å². The van der Waals surface area contributed by atoms with E-state index >= 15 is 0 Å². The number of carbonyl (C=O) groups is 3. The first-order valence-electron chi connectivity index (χ1n) is 10.8. The van der Waals surface area contributed by atoms with E-state index in [0.717, 1.165) is 12.1 Å². The standard InChI is InChI=1S/C21H28BF2N3O5/c1-4-17-21(30)32-22(31-17)18(9-12(2)3)26-19(28)11-25-20(29)16-7-8-27(16)15-6-5-13(23)10-14(15)24/h5-6,10,12,16-18H,4,7-9,11H2,1-3H3,(H,25,29)(H,26,28). The maximum Gasteiger partial charge on any atom is 0.552 e. The molecule has 3 rings (SSSR count). The van der Waals surface area contributed by atoms with Gasteiger partial charge in [0, 0.05) is 12.6 Å². The highest BCUT2D eigenvalue weighted by atomic mass is 19.1. The number of carbonyl (C=O) groups excluding carboxylic acids is 3. The molecular formula is C21H28BF2N3O5. The van der Waals surface area contributed by atoms with E-state index in [4.69, 9.17) is 9.31 Å². The highest BCUT2D eigenvalue weighted by molar-refractivity contribution is 6.51. The lowest BCUT2D eigenvalue weighted by molar-refractivity contribution is -0.136. The minimum absolute atomic E-state index is 0.143. The molecule has 0 saturated carbocycles. The largest absolute Gasteiger partial charge is 0.552 e. The van der Waals surface area contributed by atoms with Crippen LogP contribution in [0.1, 0.15) is 40.0 Å². The molecule has 8 nitrogen and oxygen atoms in total. The van der Waals surface area contributed by atoms with Crippen LogP contribution in [0.4, 0.5) is 14.5 Å². The Kier molecular flexibility index (Phi) is 7.71. The Hall–Kier alpha value is -2.69. The van der Waals surface area contributed by atoms with Gasteiger partial charge in [0.15, 0.2) is 0 Å². The Bertz CT molecular complexity index is 872. The van der Waals surface area contributed by atoms with Gasteiger partial charge in [-0.05, 0) is 37.3 Å². The summed E-state index contributed by atoms with van der Waals surface area (Å²) in [5.41, 5.74) is 0.143. The summed E-state index contributed by atoms with van der Waals surface area (Å²) in [5.74, 6) is -3.12. The molecule has 0 aromatic heterocycles. The minimum atomic E-state index is -0.877. The third kappa shape index (κ3) is 5.56. The number of benzene rings is 1. The van der Waals surface area contributed by atoms with E-state index in [1.54, 1.807) is 6.92 Å². The second kappa shape index (κ2) is 10.3. The van der Waals surface area contributed by atoms with Crippen LogP contribution in [-0.2, 0) is 23.7 Å². The summed E-state index contributed by atoms with van der Waals surface area (Å²) in [7, 11) is -0.877. The Morgan fingerprint density at radius 1 is 1.31 bits per heavy atom. The summed E-state index contributed by atoms with van der Waals surface area (Å²) in [5, 5.41) is 5.33. The van der Waals surface area contributed by atoms with Crippen molar-refractivity contribution in [3.05, 3.63) is 29.8 Å². The number of hydrogen-bond acceptors (Lipinski definition) is 6. The van der Waals surface area contributed by atoms with Gasteiger partial charge in [0.25, 0.3) is 0 Å². The lowest BCUT2D eigenvalue weighted by atomic mass is 9.74. The Morgan fingerprint density at radius 2 is 2.06 bits per heavy atom. The summed E-state index contributed by atoms with van der Waals surface area (Å²) >= 11 is 0. The third-order valence-corrected chi connectivity index (χ3v) is 5.53. The van der Waals surface area contributed by atoms with Gasteiger partial charge in [0.1, 0.15) is 23.8 Å². The zero-order chi connectivity index (χ0) is 23.4. The highest BCUT2D eigenvalue weighted by Crippen LogP contribution is 2.29. The van der Waals surface area contributed by atoms with Crippen molar-refractivity contribution in [3.8, 4) is 0 Å². The lowest BCUT2D eigenvalue weighted by Crippen LogP contribution is -2.58. The maximum atomic E-state index is 14.0. The van der Waals surface area contributed by atoms with Gasteiger partial charge in [-0.1, -0.05) is 20.8 Å². The zero-order valence-corrected chi connectivity index (χ0v) is 18.4. The van der Waals surface area contributed by atoms with Crippen molar-refractivity contribution in [2.24, 2.45) is 5.92 Å². The van der Waals surface area contributed by atoms with Crippen molar-refractivity contribution in [2.75, 3.05) is 18.0 Å². The number of anilines is 1. The number of hydrogen-bond donors (Lipinski definition) is 2. The van der Waals surface area contributed by atoms with E-state index in [-0.39, 0.29) is 18.2 Å². The number of halogens is 2. The van der Waals surface area contributed by atoms with Crippen molar-refractivity contribution >= 4 is 30.6 Å². The van der Waals surface area contributed by atoms with Gasteiger partial charge in [0.05, 0.1) is 18.2 Å². The summed E-state index contributed by atoms with van der Waals surface area (Å²) in [4.78, 5) is 38.3. The molecule has 3 unspecified atom stereocenters. The van der Waals surface area contributed by atoms with Crippen LogP contribution in [0.5, 0.6) is 0 Å². The first-order valence-corrected chi connectivity index (χ1v) is 10.8. The summed E-state index contributed by atoms with van der Waals surface area (Å²) in [6.45, 7) is 5.90. The Balaban J connectivity index is 1.53. The fourth-order valence-corrected chi connectivity index (χ4v) is 3.83. The molecular weight excluding hydrogens is 423 g/mol. The predicted molar refractivity (Wildman–Crippen MR) is 114 cm³/mol. The molecule has 2 fully saturated rings. The van der Waals surface area contributed by atoms with Crippen LogP contribution in [0.2, 0.25) is 0 Å². The minimum Gasteiger partial charge on any atom is -0.506 e. The average Bonchev–Trinajstić information content (AvgIpc) is 3.07. The molecule has 2 amide bonds. The molecule has 0 aliphatic carbocycles. The number of rotatable bonds is 9. The zero-order valence-electron chi connectivity index (χ0n) is 18.4. The smallest absolute Gasteiger partial charge is 0.506 e. The lowest BCUT2D eigenvalue weighted by Gasteiger charge is -2.41. The molecule has 2 aliphatic heterocycles. The van der Waals surface area contributed by atoms with Crippen molar-refractivity contribution in [1.29, 1.82) is 0 Å². The molecule has 0 bridgehead atoms. The van der Waals surface area contributed by atoms with E-state index in [2.05, 4.69) is 10.6 Å². The van der Waals surface area contributed by atoms with Gasteiger partial charge in [-0.3, -0.25) is 14.4 Å². The summed E-state index contributed by atoms with van der Waals surface area (Å²) in [6, 6.07) is 2.56. The normalized spacial score (nSPS) is 21.2. The highest BCUT2D eigenvalue weighted by Gasteiger charge is 2.45. The molecule has 32 heavy (non-hydrogen) atoms. The van der Waals surface area contributed by atoms with Gasteiger partial charge in [-0.2, -0.15) is 0 Å². The van der Waals surface area contributed by atoms with E-state index in [1.807, 2.05) is 13.8 Å². The summed E-state index contributed by atoms with van der Waals surface area (Å²) in [6.07, 6.45) is 0.835. The van der Waals surface area contributed by atoms with Gasteiger partial charge in [0.2, 0.25) is 11.8 Å². The van der Waals surface area contributed by atoms with Crippen molar-refractivity contribution in [3.63, 3.8) is 0 Å². The molecule has 0 spiro atoms. The van der Waals surface area contributed by atoms with Crippen LogP contribution in [0.25, 0.3) is 0 Å². The molecule has 11 heteroatoms. The molecule has 1 aromatic rings. The molecule has 1 aromatic carbocycles. The molecule has 2 saturated heterocycles. The van der Waals surface area contributed by atoms with Crippen molar-refractivity contribution in [1.82, 2.24) is 10.6 Å². The topological polar surface area (TPSA) is 97.0 Å². The quantitative estimate of drug-likeness (QED) is 0.554. The van der Waals surface area contributed by atoms with Gasteiger partial charge in [-0.25, -0.2) is 8.78 Å². The van der Waals surface area contributed by atoms with E-state index in [9.17, 15) is 23.2 Å². The predicted octanol–water partition coefficient (Wildman–Crippen LogP) is 1.57. The molecule has 2 heterocycles. The van der Waals surface area contributed by atoms with E-state index in [0.29, 0.717) is 25.8 Å².